The van der Waals surface area contributed by atoms with Gasteiger partial charge in [-0.15, -0.1) is 0 Å². The molecular formula is C20H27N3O3S. The predicted molar refractivity (Wildman–Crippen MR) is 110 cm³/mol. The minimum Gasteiger partial charge on any atom is -0.459 e. The molecule has 1 aromatic heterocycles. The van der Waals surface area contributed by atoms with Gasteiger partial charge in [-0.3, -0.25) is 9.59 Å². The summed E-state index contributed by atoms with van der Waals surface area (Å²) in [7, 11) is 2.03. The first-order valence-electron chi connectivity index (χ1n) is 8.99. The third-order valence-electron chi connectivity index (χ3n) is 4.14. The van der Waals surface area contributed by atoms with E-state index in [4.69, 9.17) is 4.42 Å². The highest BCUT2D eigenvalue weighted by Gasteiger charge is 2.21. The summed E-state index contributed by atoms with van der Waals surface area (Å²) in [4.78, 5) is 26.8. The number of amides is 2. The topological polar surface area (TPSA) is 74.6 Å². The van der Waals surface area contributed by atoms with Crippen LogP contribution in [-0.4, -0.2) is 50.0 Å². The van der Waals surface area contributed by atoms with Crippen molar-refractivity contribution < 1.29 is 14.0 Å². The molecular weight excluding hydrogens is 362 g/mol. The van der Waals surface area contributed by atoms with Crippen molar-refractivity contribution >= 4 is 29.3 Å². The van der Waals surface area contributed by atoms with Crippen LogP contribution in [0.5, 0.6) is 0 Å². The standard InChI is InChI=1S/C20H27N3O3S/c1-23(16-8-4-3-5-9-16)13-7-12-21-19(24)17(11-15-27-2)22-20(25)18-10-6-14-26-18/h3-6,8-10,14,17H,7,11-13,15H2,1-2H3,(H,21,24)(H,22,25). The van der Waals surface area contributed by atoms with Gasteiger partial charge in [-0.2, -0.15) is 11.8 Å². The zero-order valence-corrected chi connectivity index (χ0v) is 16.6. The smallest absolute Gasteiger partial charge is 0.287 e. The Morgan fingerprint density at radius 2 is 1.96 bits per heavy atom. The van der Waals surface area contributed by atoms with Crippen molar-refractivity contribution in [3.8, 4) is 0 Å². The summed E-state index contributed by atoms with van der Waals surface area (Å²) in [6.45, 7) is 1.39. The first kappa shape index (κ1) is 20.9. The Kier molecular flexibility index (Phi) is 8.77. The van der Waals surface area contributed by atoms with Crippen LogP contribution in [0.1, 0.15) is 23.4 Å². The van der Waals surface area contributed by atoms with Crippen molar-refractivity contribution in [3.05, 3.63) is 54.5 Å². The van der Waals surface area contributed by atoms with E-state index in [1.165, 1.54) is 6.26 Å². The van der Waals surface area contributed by atoms with Gasteiger partial charge < -0.3 is 20.0 Å². The van der Waals surface area contributed by atoms with Gasteiger partial charge in [0.2, 0.25) is 5.91 Å². The average molecular weight is 390 g/mol. The van der Waals surface area contributed by atoms with Gasteiger partial charge in [0.15, 0.2) is 5.76 Å². The molecule has 1 atom stereocenters. The summed E-state index contributed by atoms with van der Waals surface area (Å²) < 4.78 is 5.09. The van der Waals surface area contributed by atoms with E-state index in [2.05, 4.69) is 27.7 Å². The maximum atomic E-state index is 12.5. The van der Waals surface area contributed by atoms with Crippen molar-refractivity contribution in [2.75, 3.05) is 37.0 Å². The lowest BCUT2D eigenvalue weighted by atomic mass is 10.2. The van der Waals surface area contributed by atoms with E-state index in [1.54, 1.807) is 23.9 Å². The molecule has 0 radical (unpaired) electrons. The summed E-state index contributed by atoms with van der Waals surface area (Å²) in [5.41, 5.74) is 1.15. The fourth-order valence-electron chi connectivity index (χ4n) is 2.60. The number of para-hydroxylation sites is 1. The molecule has 0 saturated carbocycles. The van der Waals surface area contributed by atoms with E-state index >= 15 is 0 Å². The second-order valence-corrected chi connectivity index (χ2v) is 7.17. The van der Waals surface area contributed by atoms with Crippen molar-refractivity contribution in [2.45, 2.75) is 18.9 Å². The Hall–Kier alpha value is -2.41. The number of hydrogen-bond donors (Lipinski definition) is 2. The van der Waals surface area contributed by atoms with Crippen LogP contribution in [0, 0.1) is 0 Å². The zero-order chi connectivity index (χ0) is 19.5. The number of carbonyl (C=O) groups excluding carboxylic acids is 2. The second-order valence-electron chi connectivity index (χ2n) is 6.19. The van der Waals surface area contributed by atoms with Crippen LogP contribution in [-0.2, 0) is 4.79 Å². The van der Waals surface area contributed by atoms with Crippen LogP contribution in [0.2, 0.25) is 0 Å². The van der Waals surface area contributed by atoms with E-state index in [0.717, 1.165) is 24.4 Å². The first-order chi connectivity index (χ1) is 13.1. The number of furan rings is 1. The van der Waals surface area contributed by atoms with E-state index in [0.29, 0.717) is 13.0 Å². The average Bonchev–Trinajstić information content (AvgIpc) is 3.23. The molecule has 146 valence electrons. The van der Waals surface area contributed by atoms with Crippen molar-refractivity contribution in [1.29, 1.82) is 0 Å². The van der Waals surface area contributed by atoms with Gasteiger partial charge in [-0.25, -0.2) is 0 Å². The fraction of sp³-hybridized carbons (Fsp3) is 0.400. The molecule has 0 spiro atoms. The van der Waals surface area contributed by atoms with Crippen molar-refractivity contribution in [2.24, 2.45) is 0 Å². The first-order valence-corrected chi connectivity index (χ1v) is 10.4. The predicted octanol–water partition coefficient (Wildman–Crippen LogP) is 2.77. The molecule has 1 aromatic carbocycles. The summed E-state index contributed by atoms with van der Waals surface area (Å²) in [6.07, 6.45) is 4.81. The Balaban J connectivity index is 1.78. The Morgan fingerprint density at radius 1 is 1.19 bits per heavy atom. The lowest BCUT2D eigenvalue weighted by Gasteiger charge is -2.20. The molecule has 1 heterocycles. The van der Waals surface area contributed by atoms with Gasteiger partial charge in [0, 0.05) is 25.8 Å². The van der Waals surface area contributed by atoms with Crippen LogP contribution in [0.25, 0.3) is 0 Å². The third kappa shape index (κ3) is 7.02. The zero-order valence-electron chi connectivity index (χ0n) is 15.8. The number of anilines is 1. The number of carbonyl (C=O) groups is 2. The van der Waals surface area contributed by atoms with Crippen LogP contribution >= 0.6 is 11.8 Å². The second kappa shape index (κ2) is 11.3. The van der Waals surface area contributed by atoms with Crippen LogP contribution in [0.3, 0.4) is 0 Å². The van der Waals surface area contributed by atoms with E-state index < -0.39 is 6.04 Å². The SMILES string of the molecule is CSCCC(NC(=O)c1ccco1)C(=O)NCCCN(C)c1ccccc1. The number of thioether (sulfide) groups is 1. The third-order valence-corrected chi connectivity index (χ3v) is 4.79. The highest BCUT2D eigenvalue weighted by Crippen LogP contribution is 2.10. The molecule has 2 amide bonds. The van der Waals surface area contributed by atoms with Gasteiger partial charge in [0.25, 0.3) is 5.91 Å². The maximum absolute atomic E-state index is 12.5. The molecule has 27 heavy (non-hydrogen) atoms. The number of nitrogens with one attached hydrogen (secondary N) is 2. The number of rotatable bonds is 11. The fourth-order valence-corrected chi connectivity index (χ4v) is 3.08. The molecule has 6 nitrogen and oxygen atoms in total. The number of nitrogens with zero attached hydrogens (tertiary/aromatic N) is 1. The molecule has 0 aliphatic carbocycles. The molecule has 0 saturated heterocycles. The van der Waals surface area contributed by atoms with E-state index in [-0.39, 0.29) is 17.6 Å². The summed E-state index contributed by atoms with van der Waals surface area (Å²) >= 11 is 1.64. The maximum Gasteiger partial charge on any atom is 0.287 e. The van der Waals surface area contributed by atoms with Gasteiger partial charge in [-0.05, 0) is 49.1 Å². The minimum atomic E-state index is -0.568. The van der Waals surface area contributed by atoms with Crippen LogP contribution < -0.4 is 15.5 Å². The van der Waals surface area contributed by atoms with Gasteiger partial charge in [0.05, 0.1) is 6.26 Å². The lowest BCUT2D eigenvalue weighted by molar-refractivity contribution is -0.123. The molecule has 0 aliphatic heterocycles. The number of hydrogen-bond acceptors (Lipinski definition) is 5. The normalized spacial score (nSPS) is 11.6. The molecule has 7 heteroatoms. The highest BCUT2D eigenvalue weighted by molar-refractivity contribution is 7.98. The Morgan fingerprint density at radius 3 is 2.63 bits per heavy atom. The van der Waals surface area contributed by atoms with Crippen molar-refractivity contribution in [1.82, 2.24) is 10.6 Å². The molecule has 2 aromatic rings. The molecule has 2 N–H and O–H groups in total. The summed E-state index contributed by atoms with van der Waals surface area (Å²) in [5, 5.41) is 5.69. The molecule has 0 fully saturated rings. The summed E-state index contributed by atoms with van der Waals surface area (Å²) in [5.74, 6) is 0.464. The molecule has 0 bridgehead atoms. The van der Waals surface area contributed by atoms with Crippen LogP contribution in [0.4, 0.5) is 5.69 Å². The Bertz CT molecular complexity index is 692. The van der Waals surface area contributed by atoms with Gasteiger partial charge >= 0.3 is 0 Å². The monoisotopic (exact) mass is 389 g/mol. The van der Waals surface area contributed by atoms with Crippen molar-refractivity contribution in [3.63, 3.8) is 0 Å². The minimum absolute atomic E-state index is 0.161. The van der Waals surface area contributed by atoms with E-state index in [9.17, 15) is 9.59 Å². The summed E-state index contributed by atoms with van der Waals surface area (Å²) in [6, 6.07) is 12.8. The van der Waals surface area contributed by atoms with Gasteiger partial charge in [-0.1, -0.05) is 18.2 Å². The van der Waals surface area contributed by atoms with Gasteiger partial charge in [0.1, 0.15) is 6.04 Å². The van der Waals surface area contributed by atoms with Crippen LogP contribution in [0.15, 0.2) is 53.1 Å². The highest BCUT2D eigenvalue weighted by atomic mass is 32.2. The molecule has 0 aliphatic rings. The lowest BCUT2D eigenvalue weighted by Crippen LogP contribution is -2.47. The number of benzene rings is 1. The quantitative estimate of drug-likeness (QED) is 0.578. The largest absolute Gasteiger partial charge is 0.459 e. The molecule has 2 rings (SSSR count). The van der Waals surface area contributed by atoms with E-state index in [1.807, 2.05) is 31.5 Å². The Labute approximate surface area is 164 Å². The molecule has 1 unspecified atom stereocenters.